The molecule has 0 aromatic heterocycles. The van der Waals surface area contributed by atoms with Crippen molar-refractivity contribution >= 4 is 22.6 Å². The first kappa shape index (κ1) is 14.1. The summed E-state index contributed by atoms with van der Waals surface area (Å²) in [7, 11) is 1.59. The van der Waals surface area contributed by atoms with Crippen LogP contribution in [0.4, 0.5) is 0 Å². The van der Waals surface area contributed by atoms with Crippen molar-refractivity contribution in [2.24, 2.45) is 0 Å². The van der Waals surface area contributed by atoms with E-state index >= 15 is 0 Å². The summed E-state index contributed by atoms with van der Waals surface area (Å²) < 4.78 is 5.37. The minimum Gasteiger partial charge on any atom is -0.496 e. The van der Waals surface area contributed by atoms with E-state index in [-0.39, 0.29) is 5.78 Å². The monoisotopic (exact) mass is 288 g/mol. The fourth-order valence-corrected chi connectivity index (χ4v) is 2.41. The Bertz CT molecular complexity index is 833. The van der Waals surface area contributed by atoms with E-state index < -0.39 is 0 Å². The van der Waals surface area contributed by atoms with Crippen molar-refractivity contribution in [3.8, 4) is 5.75 Å². The number of methoxy groups -OCH3 is 1. The van der Waals surface area contributed by atoms with Gasteiger partial charge in [0.1, 0.15) is 5.75 Å². The van der Waals surface area contributed by atoms with Crippen LogP contribution in [0, 0.1) is 0 Å². The standard InChI is InChI=1S/C20H16O2/c1-22-20-14-17-10-6-5-9-16(17)13-18(20)19(21)12-11-15-7-3-2-4-8-15/h2-14H,1H3/b12-11+. The number of ketones is 1. The molecule has 3 aromatic carbocycles. The normalized spacial score (nSPS) is 11.0. The van der Waals surface area contributed by atoms with Gasteiger partial charge in [0.05, 0.1) is 12.7 Å². The van der Waals surface area contributed by atoms with Gasteiger partial charge in [-0.1, -0.05) is 60.7 Å². The Morgan fingerprint density at radius 3 is 2.23 bits per heavy atom. The summed E-state index contributed by atoms with van der Waals surface area (Å²) in [6.45, 7) is 0. The van der Waals surface area contributed by atoms with Crippen molar-refractivity contribution < 1.29 is 9.53 Å². The quantitative estimate of drug-likeness (QED) is 0.512. The lowest BCUT2D eigenvalue weighted by Gasteiger charge is -2.08. The molecule has 2 heteroatoms. The zero-order chi connectivity index (χ0) is 15.4. The molecule has 0 N–H and O–H groups in total. The van der Waals surface area contributed by atoms with Crippen molar-refractivity contribution in [1.29, 1.82) is 0 Å². The van der Waals surface area contributed by atoms with E-state index in [1.165, 1.54) is 0 Å². The molecule has 0 unspecified atom stereocenters. The lowest BCUT2D eigenvalue weighted by molar-refractivity contribution is 0.104. The van der Waals surface area contributed by atoms with Gasteiger partial charge >= 0.3 is 0 Å². The number of fused-ring (bicyclic) bond motifs is 1. The molecule has 0 radical (unpaired) electrons. The van der Waals surface area contributed by atoms with Gasteiger partial charge in [-0.15, -0.1) is 0 Å². The second kappa shape index (κ2) is 6.27. The highest BCUT2D eigenvalue weighted by atomic mass is 16.5. The highest BCUT2D eigenvalue weighted by Crippen LogP contribution is 2.26. The topological polar surface area (TPSA) is 26.3 Å². The molecule has 0 aliphatic heterocycles. The molecule has 0 saturated heterocycles. The molecule has 0 amide bonds. The number of hydrogen-bond acceptors (Lipinski definition) is 2. The molecule has 0 aliphatic carbocycles. The third kappa shape index (κ3) is 2.91. The molecular formula is C20H16O2. The summed E-state index contributed by atoms with van der Waals surface area (Å²) in [6, 6.07) is 21.5. The van der Waals surface area contributed by atoms with Gasteiger partial charge < -0.3 is 4.74 Å². The minimum absolute atomic E-state index is 0.0635. The molecule has 0 fully saturated rings. The summed E-state index contributed by atoms with van der Waals surface area (Å²) in [6.07, 6.45) is 3.40. The van der Waals surface area contributed by atoms with Crippen LogP contribution in [0.15, 0.2) is 72.8 Å². The molecule has 108 valence electrons. The average Bonchev–Trinajstić information content (AvgIpc) is 2.59. The maximum absolute atomic E-state index is 12.5. The van der Waals surface area contributed by atoms with Crippen LogP contribution in [-0.4, -0.2) is 12.9 Å². The van der Waals surface area contributed by atoms with Crippen LogP contribution in [0.25, 0.3) is 16.8 Å². The van der Waals surface area contributed by atoms with Crippen molar-refractivity contribution in [3.05, 3.63) is 83.9 Å². The fourth-order valence-electron chi connectivity index (χ4n) is 2.41. The second-order valence-corrected chi connectivity index (χ2v) is 5.01. The second-order valence-electron chi connectivity index (χ2n) is 5.01. The molecule has 0 atom stereocenters. The van der Waals surface area contributed by atoms with Gasteiger partial charge in [0.15, 0.2) is 5.78 Å². The first-order valence-electron chi connectivity index (χ1n) is 7.12. The molecule has 2 nitrogen and oxygen atoms in total. The summed E-state index contributed by atoms with van der Waals surface area (Å²) in [5, 5.41) is 2.09. The molecule has 0 heterocycles. The smallest absolute Gasteiger partial charge is 0.189 e. The largest absolute Gasteiger partial charge is 0.496 e. The minimum atomic E-state index is -0.0635. The number of allylic oxidation sites excluding steroid dienone is 1. The number of ether oxygens (including phenoxy) is 1. The van der Waals surface area contributed by atoms with Gasteiger partial charge in [-0.2, -0.15) is 0 Å². The Balaban J connectivity index is 1.98. The maximum Gasteiger partial charge on any atom is 0.189 e. The third-order valence-corrected chi connectivity index (χ3v) is 3.56. The van der Waals surface area contributed by atoms with Gasteiger partial charge in [0.25, 0.3) is 0 Å². The van der Waals surface area contributed by atoms with Gasteiger partial charge in [-0.05, 0) is 34.5 Å². The SMILES string of the molecule is COc1cc2ccccc2cc1C(=O)/C=C/c1ccccc1. The lowest BCUT2D eigenvalue weighted by atomic mass is 10.0. The highest BCUT2D eigenvalue weighted by Gasteiger charge is 2.11. The summed E-state index contributed by atoms with van der Waals surface area (Å²) in [5.74, 6) is 0.535. The Kier molecular flexibility index (Phi) is 4.01. The van der Waals surface area contributed by atoms with E-state index in [1.807, 2.05) is 72.8 Å². The van der Waals surface area contributed by atoms with Crippen molar-refractivity contribution in [1.82, 2.24) is 0 Å². The van der Waals surface area contributed by atoms with Crippen molar-refractivity contribution in [3.63, 3.8) is 0 Å². The Labute approximate surface area is 129 Å². The van der Waals surface area contributed by atoms with Crippen LogP contribution in [0.5, 0.6) is 5.75 Å². The number of rotatable bonds is 4. The van der Waals surface area contributed by atoms with Crippen LogP contribution >= 0.6 is 0 Å². The predicted molar refractivity (Wildman–Crippen MR) is 90.3 cm³/mol. The van der Waals surface area contributed by atoms with E-state index in [0.29, 0.717) is 11.3 Å². The molecule has 0 saturated carbocycles. The van der Waals surface area contributed by atoms with Crippen LogP contribution in [0.1, 0.15) is 15.9 Å². The molecule has 22 heavy (non-hydrogen) atoms. The predicted octanol–water partition coefficient (Wildman–Crippen LogP) is 4.74. The lowest BCUT2D eigenvalue weighted by Crippen LogP contribution is -1.99. The van der Waals surface area contributed by atoms with Crippen molar-refractivity contribution in [2.75, 3.05) is 7.11 Å². The van der Waals surface area contributed by atoms with E-state index in [2.05, 4.69) is 0 Å². The summed E-state index contributed by atoms with van der Waals surface area (Å²) in [5.41, 5.74) is 1.57. The molecule has 3 aromatic rings. The summed E-state index contributed by atoms with van der Waals surface area (Å²) in [4.78, 5) is 12.5. The molecular weight excluding hydrogens is 272 g/mol. The Morgan fingerprint density at radius 1 is 0.909 bits per heavy atom. The zero-order valence-corrected chi connectivity index (χ0v) is 12.3. The molecule has 3 rings (SSSR count). The highest BCUT2D eigenvalue weighted by molar-refractivity contribution is 6.10. The van der Waals surface area contributed by atoms with Crippen LogP contribution in [0.2, 0.25) is 0 Å². The van der Waals surface area contributed by atoms with E-state index in [1.54, 1.807) is 13.2 Å². The fraction of sp³-hybridized carbons (Fsp3) is 0.0500. The molecule has 0 spiro atoms. The maximum atomic E-state index is 12.5. The van der Waals surface area contributed by atoms with E-state index in [4.69, 9.17) is 4.74 Å². The van der Waals surface area contributed by atoms with E-state index in [9.17, 15) is 4.79 Å². The number of carbonyl (C=O) groups is 1. The first-order valence-corrected chi connectivity index (χ1v) is 7.12. The van der Waals surface area contributed by atoms with Gasteiger partial charge in [-0.3, -0.25) is 4.79 Å². The number of benzene rings is 3. The number of hydrogen-bond donors (Lipinski definition) is 0. The van der Waals surface area contributed by atoms with E-state index in [0.717, 1.165) is 16.3 Å². The molecule has 0 aliphatic rings. The van der Waals surface area contributed by atoms with Gasteiger partial charge in [0, 0.05) is 0 Å². The van der Waals surface area contributed by atoms with Crippen molar-refractivity contribution in [2.45, 2.75) is 0 Å². The Morgan fingerprint density at radius 2 is 1.55 bits per heavy atom. The first-order chi connectivity index (χ1) is 10.8. The van der Waals surface area contributed by atoms with Gasteiger partial charge in [-0.25, -0.2) is 0 Å². The average molecular weight is 288 g/mol. The number of carbonyl (C=O) groups excluding carboxylic acids is 1. The zero-order valence-electron chi connectivity index (χ0n) is 12.3. The Hall–Kier alpha value is -2.87. The van der Waals surface area contributed by atoms with Crippen LogP contribution in [-0.2, 0) is 0 Å². The van der Waals surface area contributed by atoms with Crippen LogP contribution < -0.4 is 4.74 Å². The van der Waals surface area contributed by atoms with Crippen LogP contribution in [0.3, 0.4) is 0 Å². The van der Waals surface area contributed by atoms with Gasteiger partial charge in [0.2, 0.25) is 0 Å². The summed E-state index contributed by atoms with van der Waals surface area (Å²) >= 11 is 0. The third-order valence-electron chi connectivity index (χ3n) is 3.56. The molecule has 0 bridgehead atoms.